The highest BCUT2D eigenvalue weighted by atomic mass is 32.2. The lowest BCUT2D eigenvalue weighted by Gasteiger charge is -2.08. The van der Waals surface area contributed by atoms with E-state index in [1.54, 1.807) is 18.5 Å². The van der Waals surface area contributed by atoms with Gasteiger partial charge in [0.1, 0.15) is 4.83 Å². The van der Waals surface area contributed by atoms with Crippen molar-refractivity contribution in [1.82, 2.24) is 9.55 Å². The number of hydrogen-bond donors (Lipinski definition) is 1. The fraction of sp³-hybridized carbons (Fsp3) is 0.133. The average molecular weight is 394 g/mol. The number of thiophene rings is 1. The van der Waals surface area contributed by atoms with Crippen LogP contribution in [-0.4, -0.2) is 26.1 Å². The van der Waals surface area contributed by atoms with Crippen molar-refractivity contribution in [2.24, 2.45) is 7.05 Å². The minimum absolute atomic E-state index is 0.0671. The second-order valence-corrected chi connectivity index (χ2v) is 7.00. The van der Waals surface area contributed by atoms with Crippen LogP contribution in [0, 0.1) is 15.9 Å². The van der Waals surface area contributed by atoms with Crippen molar-refractivity contribution in [2.75, 3.05) is 11.1 Å². The third-order valence-electron chi connectivity index (χ3n) is 3.42. The van der Waals surface area contributed by atoms with Gasteiger partial charge in [0.15, 0.2) is 5.16 Å². The maximum atomic E-state index is 13.3. The van der Waals surface area contributed by atoms with Gasteiger partial charge in [0.05, 0.1) is 16.1 Å². The molecule has 134 valence electrons. The summed E-state index contributed by atoms with van der Waals surface area (Å²) in [5, 5.41) is 15.9. The van der Waals surface area contributed by atoms with Crippen LogP contribution in [0.1, 0.15) is 0 Å². The second kappa shape index (κ2) is 7.22. The number of nitrogens with one attached hydrogen (secondary N) is 1. The van der Waals surface area contributed by atoms with Crippen LogP contribution in [0.3, 0.4) is 0 Å². The molecular formula is C15H11FN4O4S2. The molecule has 1 amide bonds. The molecule has 0 aliphatic carbocycles. The molecule has 0 saturated heterocycles. The SMILES string of the molecule is Cn1c(SCC(=O)Nc2ccc(F)c([N+](=O)[O-])c2)nc2sccc2c1=O. The van der Waals surface area contributed by atoms with E-state index in [2.05, 4.69) is 10.3 Å². The summed E-state index contributed by atoms with van der Waals surface area (Å²) < 4.78 is 14.7. The smallest absolute Gasteiger partial charge is 0.306 e. The summed E-state index contributed by atoms with van der Waals surface area (Å²) >= 11 is 2.39. The second-order valence-electron chi connectivity index (χ2n) is 5.16. The molecule has 0 fully saturated rings. The fourth-order valence-corrected chi connectivity index (χ4v) is 3.74. The zero-order chi connectivity index (χ0) is 18.8. The maximum absolute atomic E-state index is 13.3. The highest BCUT2D eigenvalue weighted by molar-refractivity contribution is 7.99. The van der Waals surface area contributed by atoms with E-state index in [9.17, 15) is 24.1 Å². The topological polar surface area (TPSA) is 107 Å². The molecule has 0 saturated carbocycles. The molecule has 0 aliphatic heterocycles. The zero-order valence-electron chi connectivity index (χ0n) is 13.3. The molecule has 2 heterocycles. The van der Waals surface area contributed by atoms with Gasteiger partial charge < -0.3 is 5.32 Å². The predicted octanol–water partition coefficient (Wildman–Crippen LogP) is 2.77. The number of thioether (sulfide) groups is 1. The van der Waals surface area contributed by atoms with Gasteiger partial charge in [0.2, 0.25) is 11.7 Å². The van der Waals surface area contributed by atoms with Gasteiger partial charge in [-0.2, -0.15) is 4.39 Å². The molecule has 3 aromatic rings. The Bertz CT molecular complexity index is 1080. The predicted molar refractivity (Wildman–Crippen MR) is 97.3 cm³/mol. The highest BCUT2D eigenvalue weighted by Gasteiger charge is 2.16. The summed E-state index contributed by atoms with van der Waals surface area (Å²) in [5.41, 5.74) is -0.810. The Morgan fingerprint density at radius 3 is 2.96 bits per heavy atom. The molecule has 8 nitrogen and oxygen atoms in total. The summed E-state index contributed by atoms with van der Waals surface area (Å²) in [7, 11) is 1.57. The van der Waals surface area contributed by atoms with E-state index in [1.165, 1.54) is 22.0 Å². The van der Waals surface area contributed by atoms with Crippen molar-refractivity contribution in [3.8, 4) is 0 Å². The van der Waals surface area contributed by atoms with E-state index in [0.717, 1.165) is 23.9 Å². The third kappa shape index (κ3) is 3.58. The van der Waals surface area contributed by atoms with E-state index < -0.39 is 22.3 Å². The molecule has 1 N–H and O–H groups in total. The first kappa shape index (κ1) is 18.0. The molecule has 1 aromatic carbocycles. The fourth-order valence-electron chi connectivity index (χ4n) is 2.17. The normalized spacial score (nSPS) is 10.8. The average Bonchev–Trinajstić information content (AvgIpc) is 3.07. The summed E-state index contributed by atoms with van der Waals surface area (Å²) in [6.45, 7) is 0. The summed E-state index contributed by atoms with van der Waals surface area (Å²) in [5.74, 6) is -1.51. The molecule has 2 aromatic heterocycles. The Morgan fingerprint density at radius 2 is 2.23 bits per heavy atom. The number of rotatable bonds is 5. The lowest BCUT2D eigenvalue weighted by molar-refractivity contribution is -0.387. The largest absolute Gasteiger partial charge is 0.325 e. The van der Waals surface area contributed by atoms with Gasteiger partial charge in [-0.3, -0.25) is 24.3 Å². The number of fused-ring (bicyclic) bond motifs is 1. The van der Waals surface area contributed by atoms with E-state index >= 15 is 0 Å². The number of anilines is 1. The quantitative estimate of drug-likeness (QED) is 0.309. The first-order valence-corrected chi connectivity index (χ1v) is 9.04. The number of amides is 1. The van der Waals surface area contributed by atoms with Gasteiger partial charge in [-0.15, -0.1) is 11.3 Å². The Hall–Kier alpha value is -2.79. The summed E-state index contributed by atoms with van der Waals surface area (Å²) in [6.07, 6.45) is 0. The van der Waals surface area contributed by atoms with Gasteiger partial charge in [-0.25, -0.2) is 4.98 Å². The molecule has 11 heteroatoms. The van der Waals surface area contributed by atoms with Crippen LogP contribution in [0.2, 0.25) is 0 Å². The summed E-state index contributed by atoms with van der Waals surface area (Å²) in [4.78, 5) is 39.1. The highest BCUT2D eigenvalue weighted by Crippen LogP contribution is 2.23. The Balaban J connectivity index is 1.72. The number of nitro groups is 1. The number of halogens is 1. The third-order valence-corrected chi connectivity index (χ3v) is 5.26. The molecule has 0 radical (unpaired) electrons. The first-order chi connectivity index (χ1) is 12.4. The van der Waals surface area contributed by atoms with Gasteiger partial charge in [0.25, 0.3) is 5.56 Å². The van der Waals surface area contributed by atoms with Gasteiger partial charge in [-0.05, 0) is 23.6 Å². The number of aromatic nitrogens is 2. The monoisotopic (exact) mass is 394 g/mol. The van der Waals surface area contributed by atoms with Gasteiger partial charge >= 0.3 is 5.69 Å². The number of hydrogen-bond acceptors (Lipinski definition) is 7. The first-order valence-electron chi connectivity index (χ1n) is 7.17. The molecular weight excluding hydrogens is 383 g/mol. The van der Waals surface area contributed by atoms with Crippen LogP contribution in [0.4, 0.5) is 15.8 Å². The molecule has 0 spiro atoms. The van der Waals surface area contributed by atoms with Crippen molar-refractivity contribution in [3.63, 3.8) is 0 Å². The van der Waals surface area contributed by atoms with E-state index in [0.29, 0.717) is 15.4 Å². The number of carbonyl (C=O) groups excluding carboxylic acids is 1. The standard InChI is InChI=1S/C15H11FN4O4S2/c1-19-14(22)9-4-5-25-13(9)18-15(19)26-7-12(21)17-8-2-3-10(16)11(6-8)20(23)24/h2-6H,7H2,1H3,(H,17,21). The lowest BCUT2D eigenvalue weighted by atomic mass is 10.2. The minimum Gasteiger partial charge on any atom is -0.325 e. The van der Waals surface area contributed by atoms with Crippen LogP contribution >= 0.6 is 23.1 Å². The Labute approximate surface area is 153 Å². The number of carbonyl (C=O) groups is 1. The van der Waals surface area contributed by atoms with Crippen LogP contribution in [0.5, 0.6) is 0 Å². The van der Waals surface area contributed by atoms with Crippen LogP contribution in [0.25, 0.3) is 10.2 Å². The van der Waals surface area contributed by atoms with E-state index in [-0.39, 0.29) is 17.0 Å². The van der Waals surface area contributed by atoms with Gasteiger partial charge in [-0.1, -0.05) is 11.8 Å². The number of nitro benzene ring substituents is 1. The van der Waals surface area contributed by atoms with Crippen molar-refractivity contribution in [3.05, 3.63) is 55.9 Å². The number of nitrogens with zero attached hydrogens (tertiary/aromatic N) is 3. The van der Waals surface area contributed by atoms with E-state index in [4.69, 9.17) is 0 Å². The van der Waals surface area contributed by atoms with Crippen molar-refractivity contribution < 1.29 is 14.1 Å². The summed E-state index contributed by atoms with van der Waals surface area (Å²) in [6, 6.07) is 4.79. The Morgan fingerprint density at radius 1 is 1.46 bits per heavy atom. The molecule has 0 bridgehead atoms. The minimum atomic E-state index is -0.981. The zero-order valence-corrected chi connectivity index (χ0v) is 14.9. The van der Waals surface area contributed by atoms with Crippen molar-refractivity contribution >= 4 is 50.6 Å². The number of benzene rings is 1. The molecule has 0 aliphatic rings. The van der Waals surface area contributed by atoms with Crippen molar-refractivity contribution in [1.29, 1.82) is 0 Å². The van der Waals surface area contributed by atoms with E-state index in [1.807, 2.05) is 0 Å². The lowest BCUT2D eigenvalue weighted by Crippen LogP contribution is -2.20. The van der Waals surface area contributed by atoms with Crippen LogP contribution in [-0.2, 0) is 11.8 Å². The van der Waals surface area contributed by atoms with Gasteiger partial charge in [0, 0.05) is 18.8 Å². The molecule has 26 heavy (non-hydrogen) atoms. The van der Waals surface area contributed by atoms with Crippen LogP contribution < -0.4 is 10.9 Å². The molecule has 3 rings (SSSR count). The Kier molecular flexibility index (Phi) is 5.00. The molecule has 0 unspecified atom stereocenters. The molecule has 0 atom stereocenters. The van der Waals surface area contributed by atoms with Crippen molar-refractivity contribution in [2.45, 2.75) is 5.16 Å². The maximum Gasteiger partial charge on any atom is 0.306 e. The van der Waals surface area contributed by atoms with Crippen LogP contribution in [0.15, 0.2) is 39.6 Å².